The van der Waals surface area contributed by atoms with E-state index >= 15 is 0 Å². The number of ether oxygens (including phenoxy) is 1. The quantitative estimate of drug-likeness (QED) is 0.899. The van der Waals surface area contributed by atoms with Crippen LogP contribution in [0.25, 0.3) is 6.08 Å². The molecule has 0 spiro atoms. The molecule has 102 valence electrons. The Hall–Kier alpha value is -2.55. The van der Waals surface area contributed by atoms with Gasteiger partial charge in [-0.15, -0.1) is 0 Å². The molecule has 0 atom stereocenters. The smallest absolute Gasteiger partial charge is 0.411 e. The average molecular weight is 267 g/mol. The summed E-state index contributed by atoms with van der Waals surface area (Å²) in [5.74, 6) is 0. The van der Waals surface area contributed by atoms with Crippen LogP contribution in [0.15, 0.2) is 60.7 Å². The second kappa shape index (κ2) is 7.14. The third-order valence-electron chi connectivity index (χ3n) is 2.68. The Labute approximate surface area is 118 Å². The van der Waals surface area contributed by atoms with E-state index in [1.54, 1.807) is 0 Å². The fourth-order valence-electron chi connectivity index (χ4n) is 1.75. The second-order valence-electron chi connectivity index (χ2n) is 4.41. The molecule has 0 aliphatic heterocycles. The van der Waals surface area contributed by atoms with Gasteiger partial charge in [-0.25, -0.2) is 4.79 Å². The van der Waals surface area contributed by atoms with E-state index in [2.05, 4.69) is 5.32 Å². The van der Waals surface area contributed by atoms with Crippen LogP contribution in [0.2, 0.25) is 0 Å². The second-order valence-corrected chi connectivity index (χ2v) is 4.41. The van der Waals surface area contributed by atoms with E-state index in [0.29, 0.717) is 0 Å². The topological polar surface area (TPSA) is 38.3 Å². The van der Waals surface area contributed by atoms with Crippen LogP contribution in [-0.4, -0.2) is 12.7 Å². The summed E-state index contributed by atoms with van der Waals surface area (Å²) >= 11 is 0. The number of anilines is 1. The third kappa shape index (κ3) is 4.61. The molecular weight excluding hydrogens is 250 g/mol. The molecule has 1 amide bonds. The Balaban J connectivity index is 1.77. The monoisotopic (exact) mass is 267 g/mol. The van der Waals surface area contributed by atoms with Gasteiger partial charge in [0.2, 0.25) is 0 Å². The molecule has 0 radical (unpaired) electrons. The lowest BCUT2D eigenvalue weighted by Crippen LogP contribution is -2.13. The lowest BCUT2D eigenvalue weighted by Gasteiger charge is -2.05. The summed E-state index contributed by atoms with van der Waals surface area (Å²) in [6.45, 7) is 2.21. The van der Waals surface area contributed by atoms with Crippen molar-refractivity contribution in [1.82, 2.24) is 0 Å². The number of benzene rings is 2. The number of rotatable bonds is 4. The first-order valence-electron chi connectivity index (χ1n) is 6.46. The Morgan fingerprint density at radius 2 is 1.95 bits per heavy atom. The number of hydrogen-bond acceptors (Lipinski definition) is 2. The standard InChI is InChI=1S/C17H17NO2/c1-14-7-5-11-16(13-14)18-17(19)20-12-6-10-15-8-3-2-4-9-15/h2-11,13H,12H2,1H3,(H,18,19). The van der Waals surface area contributed by atoms with Crippen LogP contribution >= 0.6 is 0 Å². The highest BCUT2D eigenvalue weighted by Gasteiger charge is 2.01. The van der Waals surface area contributed by atoms with Gasteiger partial charge in [-0.3, -0.25) is 5.32 Å². The molecule has 2 aromatic carbocycles. The Morgan fingerprint density at radius 3 is 2.70 bits per heavy atom. The maximum Gasteiger partial charge on any atom is 0.411 e. The first kappa shape index (κ1) is 13.9. The van der Waals surface area contributed by atoms with Crippen molar-refractivity contribution < 1.29 is 9.53 Å². The van der Waals surface area contributed by atoms with Gasteiger partial charge in [-0.1, -0.05) is 48.5 Å². The molecule has 3 heteroatoms. The normalized spacial score (nSPS) is 10.4. The van der Waals surface area contributed by atoms with Crippen LogP contribution in [0, 0.1) is 6.92 Å². The molecule has 0 saturated heterocycles. The van der Waals surface area contributed by atoms with Crippen molar-refractivity contribution in [1.29, 1.82) is 0 Å². The predicted molar refractivity (Wildman–Crippen MR) is 81.6 cm³/mol. The first-order valence-corrected chi connectivity index (χ1v) is 6.46. The van der Waals surface area contributed by atoms with E-state index in [9.17, 15) is 4.79 Å². The van der Waals surface area contributed by atoms with Crippen molar-refractivity contribution in [2.24, 2.45) is 0 Å². The highest BCUT2D eigenvalue weighted by atomic mass is 16.5. The fraction of sp³-hybridized carbons (Fsp3) is 0.118. The van der Waals surface area contributed by atoms with Gasteiger partial charge in [0.25, 0.3) is 0 Å². The van der Waals surface area contributed by atoms with Gasteiger partial charge in [0.1, 0.15) is 6.61 Å². The van der Waals surface area contributed by atoms with Gasteiger partial charge < -0.3 is 4.74 Å². The number of nitrogens with one attached hydrogen (secondary N) is 1. The van der Waals surface area contributed by atoms with E-state index in [1.165, 1.54) is 0 Å². The molecule has 0 aliphatic carbocycles. The largest absolute Gasteiger partial charge is 0.445 e. The van der Waals surface area contributed by atoms with Crippen molar-refractivity contribution in [3.05, 3.63) is 71.8 Å². The minimum Gasteiger partial charge on any atom is -0.445 e. The number of carbonyl (C=O) groups excluding carboxylic acids is 1. The van der Waals surface area contributed by atoms with Crippen molar-refractivity contribution in [2.45, 2.75) is 6.92 Å². The zero-order chi connectivity index (χ0) is 14.2. The van der Waals surface area contributed by atoms with Crippen molar-refractivity contribution in [3.8, 4) is 0 Å². The Bertz CT molecular complexity index is 591. The summed E-state index contributed by atoms with van der Waals surface area (Å²) in [5, 5.41) is 2.69. The first-order chi connectivity index (χ1) is 9.74. The zero-order valence-electron chi connectivity index (χ0n) is 11.4. The Morgan fingerprint density at radius 1 is 1.15 bits per heavy atom. The van der Waals surface area contributed by atoms with Crippen molar-refractivity contribution >= 4 is 17.9 Å². The van der Waals surface area contributed by atoms with E-state index in [1.807, 2.05) is 73.7 Å². The molecule has 0 heterocycles. The molecule has 3 nitrogen and oxygen atoms in total. The van der Waals surface area contributed by atoms with Crippen LogP contribution in [0.5, 0.6) is 0 Å². The summed E-state index contributed by atoms with van der Waals surface area (Å²) in [7, 11) is 0. The third-order valence-corrected chi connectivity index (χ3v) is 2.68. The summed E-state index contributed by atoms with van der Waals surface area (Å²) in [6, 6.07) is 17.4. The summed E-state index contributed by atoms with van der Waals surface area (Å²) in [5.41, 5.74) is 2.91. The van der Waals surface area contributed by atoms with Gasteiger partial charge in [0.15, 0.2) is 0 Å². The van der Waals surface area contributed by atoms with Crippen molar-refractivity contribution in [2.75, 3.05) is 11.9 Å². The predicted octanol–water partition coefficient (Wildman–Crippen LogP) is 4.26. The molecule has 0 fully saturated rings. The SMILES string of the molecule is Cc1cccc(NC(=O)OCC=Cc2ccccc2)c1. The lowest BCUT2D eigenvalue weighted by molar-refractivity contribution is 0.174. The summed E-state index contributed by atoms with van der Waals surface area (Å²) < 4.78 is 5.07. The number of amides is 1. The van der Waals surface area contributed by atoms with Gasteiger partial charge in [-0.2, -0.15) is 0 Å². The zero-order valence-corrected chi connectivity index (χ0v) is 11.4. The molecule has 2 aromatic rings. The molecule has 20 heavy (non-hydrogen) atoms. The van der Waals surface area contributed by atoms with Gasteiger partial charge in [0.05, 0.1) is 0 Å². The van der Waals surface area contributed by atoms with Crippen LogP contribution in [0.3, 0.4) is 0 Å². The lowest BCUT2D eigenvalue weighted by atomic mass is 10.2. The van der Waals surface area contributed by atoms with E-state index in [0.717, 1.165) is 16.8 Å². The molecule has 0 aliphatic rings. The average Bonchev–Trinajstić information content (AvgIpc) is 2.45. The maximum absolute atomic E-state index is 11.6. The summed E-state index contributed by atoms with van der Waals surface area (Å²) in [6.07, 6.45) is 3.28. The minimum atomic E-state index is -0.451. The van der Waals surface area contributed by atoms with Gasteiger partial charge in [-0.05, 0) is 36.3 Å². The van der Waals surface area contributed by atoms with Crippen LogP contribution in [0.1, 0.15) is 11.1 Å². The van der Waals surface area contributed by atoms with Gasteiger partial charge >= 0.3 is 6.09 Å². The number of carbonyl (C=O) groups is 1. The minimum absolute atomic E-state index is 0.243. The highest BCUT2D eigenvalue weighted by molar-refractivity contribution is 5.84. The molecule has 1 N–H and O–H groups in total. The van der Waals surface area contributed by atoms with E-state index < -0.39 is 6.09 Å². The maximum atomic E-state index is 11.6. The van der Waals surface area contributed by atoms with Crippen LogP contribution in [-0.2, 0) is 4.74 Å². The Kier molecular flexibility index (Phi) is 4.95. The van der Waals surface area contributed by atoms with E-state index in [-0.39, 0.29) is 6.61 Å². The molecule has 2 rings (SSSR count). The number of aryl methyl sites for hydroxylation is 1. The van der Waals surface area contributed by atoms with Crippen molar-refractivity contribution in [3.63, 3.8) is 0 Å². The van der Waals surface area contributed by atoms with Crippen LogP contribution < -0.4 is 5.32 Å². The highest BCUT2D eigenvalue weighted by Crippen LogP contribution is 2.09. The molecule has 0 saturated carbocycles. The fourth-order valence-corrected chi connectivity index (χ4v) is 1.75. The molecule has 0 bridgehead atoms. The van der Waals surface area contributed by atoms with E-state index in [4.69, 9.17) is 4.74 Å². The summed E-state index contributed by atoms with van der Waals surface area (Å²) in [4.78, 5) is 11.6. The molecule has 0 unspecified atom stereocenters. The van der Waals surface area contributed by atoms with Crippen LogP contribution in [0.4, 0.5) is 10.5 Å². The molecular formula is C17H17NO2. The molecule has 0 aromatic heterocycles. The van der Waals surface area contributed by atoms with Gasteiger partial charge in [0, 0.05) is 5.69 Å². The number of hydrogen-bond donors (Lipinski definition) is 1.